The van der Waals surface area contributed by atoms with Crippen LogP contribution in [0.3, 0.4) is 0 Å². The van der Waals surface area contributed by atoms with E-state index in [1.165, 1.54) is 5.69 Å². The number of halogens is 1. The first-order valence-electron chi connectivity index (χ1n) is 10.6. The summed E-state index contributed by atoms with van der Waals surface area (Å²) >= 11 is 6.12. The van der Waals surface area contributed by atoms with Crippen molar-refractivity contribution in [2.45, 2.75) is 19.4 Å². The van der Waals surface area contributed by atoms with Crippen molar-refractivity contribution in [3.05, 3.63) is 82.1 Å². The second kappa shape index (κ2) is 9.92. The SMILES string of the molecule is O=c1ccc(-c2ccccc2)nn1CCCCN1CCN(c2cccc(Cl)c2)CC1. The highest BCUT2D eigenvalue weighted by molar-refractivity contribution is 6.30. The van der Waals surface area contributed by atoms with E-state index >= 15 is 0 Å². The van der Waals surface area contributed by atoms with Gasteiger partial charge in [0.15, 0.2) is 0 Å². The van der Waals surface area contributed by atoms with Crippen LogP contribution in [0.2, 0.25) is 5.02 Å². The summed E-state index contributed by atoms with van der Waals surface area (Å²) in [6, 6.07) is 21.5. The Morgan fingerprint density at radius 1 is 0.833 bits per heavy atom. The van der Waals surface area contributed by atoms with Crippen LogP contribution in [0.1, 0.15) is 12.8 Å². The fourth-order valence-corrected chi connectivity index (χ4v) is 4.06. The molecule has 156 valence electrons. The van der Waals surface area contributed by atoms with E-state index in [4.69, 9.17) is 11.6 Å². The van der Waals surface area contributed by atoms with E-state index in [0.717, 1.165) is 61.8 Å². The van der Waals surface area contributed by atoms with Crippen LogP contribution in [-0.4, -0.2) is 47.4 Å². The van der Waals surface area contributed by atoms with E-state index in [9.17, 15) is 4.79 Å². The largest absolute Gasteiger partial charge is 0.369 e. The molecule has 3 aromatic rings. The van der Waals surface area contributed by atoms with E-state index in [1.807, 2.05) is 48.5 Å². The fourth-order valence-electron chi connectivity index (χ4n) is 3.87. The third kappa shape index (κ3) is 5.29. The number of aromatic nitrogens is 2. The molecule has 30 heavy (non-hydrogen) atoms. The predicted octanol–water partition coefficient (Wildman–Crippen LogP) is 4.17. The number of anilines is 1. The van der Waals surface area contributed by atoms with E-state index < -0.39 is 0 Å². The van der Waals surface area contributed by atoms with Gasteiger partial charge in [0.1, 0.15) is 0 Å². The van der Waals surface area contributed by atoms with E-state index in [-0.39, 0.29) is 5.56 Å². The zero-order chi connectivity index (χ0) is 20.8. The van der Waals surface area contributed by atoms with Crippen molar-refractivity contribution < 1.29 is 0 Å². The van der Waals surface area contributed by atoms with Gasteiger partial charge in [0, 0.05) is 55.1 Å². The Bertz CT molecular complexity index is 1010. The molecule has 1 saturated heterocycles. The zero-order valence-corrected chi connectivity index (χ0v) is 17.8. The van der Waals surface area contributed by atoms with Gasteiger partial charge in [0.2, 0.25) is 0 Å². The molecule has 1 aromatic heterocycles. The van der Waals surface area contributed by atoms with Gasteiger partial charge < -0.3 is 4.90 Å². The summed E-state index contributed by atoms with van der Waals surface area (Å²) in [6.07, 6.45) is 2.00. The van der Waals surface area contributed by atoms with Crippen LogP contribution >= 0.6 is 11.6 Å². The van der Waals surface area contributed by atoms with Gasteiger partial charge in [0.25, 0.3) is 5.56 Å². The molecule has 1 aliphatic heterocycles. The molecule has 2 aromatic carbocycles. The van der Waals surface area contributed by atoms with Gasteiger partial charge in [0.05, 0.1) is 5.69 Å². The van der Waals surface area contributed by atoms with Crippen molar-refractivity contribution in [2.75, 3.05) is 37.6 Å². The third-order valence-corrected chi connectivity index (χ3v) is 5.81. The molecule has 0 aliphatic carbocycles. The molecule has 0 atom stereocenters. The fraction of sp³-hybridized carbons (Fsp3) is 0.333. The van der Waals surface area contributed by atoms with Crippen LogP contribution < -0.4 is 10.5 Å². The van der Waals surface area contributed by atoms with Crippen LogP contribution in [-0.2, 0) is 6.54 Å². The van der Waals surface area contributed by atoms with E-state index in [1.54, 1.807) is 16.8 Å². The number of unbranched alkanes of at least 4 members (excludes halogenated alkanes) is 1. The Morgan fingerprint density at radius 3 is 2.37 bits per heavy atom. The van der Waals surface area contributed by atoms with Crippen LogP contribution in [0.5, 0.6) is 0 Å². The number of hydrogen-bond donors (Lipinski definition) is 0. The summed E-state index contributed by atoms with van der Waals surface area (Å²) in [7, 11) is 0. The van der Waals surface area contributed by atoms with Crippen molar-refractivity contribution in [3.63, 3.8) is 0 Å². The first kappa shape index (κ1) is 20.6. The molecule has 1 aliphatic rings. The van der Waals surface area contributed by atoms with E-state index in [0.29, 0.717) is 6.54 Å². The predicted molar refractivity (Wildman–Crippen MR) is 123 cm³/mol. The summed E-state index contributed by atoms with van der Waals surface area (Å²) in [5, 5.41) is 5.34. The molecular formula is C24H27ClN4O. The van der Waals surface area contributed by atoms with Gasteiger partial charge in [-0.3, -0.25) is 9.69 Å². The van der Waals surface area contributed by atoms with Gasteiger partial charge in [-0.15, -0.1) is 0 Å². The molecule has 0 radical (unpaired) electrons. The van der Waals surface area contributed by atoms with Crippen LogP contribution in [0, 0.1) is 0 Å². The molecular weight excluding hydrogens is 396 g/mol. The standard InChI is InChI=1S/C24H27ClN4O/c25-21-9-6-10-22(19-21)28-17-15-27(16-18-28)13-4-5-14-29-24(30)12-11-23(26-29)20-7-2-1-3-8-20/h1-3,6-12,19H,4-5,13-18H2. The lowest BCUT2D eigenvalue weighted by Gasteiger charge is -2.36. The molecule has 0 unspecified atom stereocenters. The minimum atomic E-state index is -0.0372. The first-order valence-corrected chi connectivity index (χ1v) is 10.9. The van der Waals surface area contributed by atoms with Gasteiger partial charge in [-0.1, -0.05) is 48.0 Å². The molecule has 0 spiro atoms. The summed E-state index contributed by atoms with van der Waals surface area (Å²) in [4.78, 5) is 17.1. The van der Waals surface area contributed by atoms with Gasteiger partial charge in [-0.2, -0.15) is 5.10 Å². The number of hydrogen-bond acceptors (Lipinski definition) is 4. The topological polar surface area (TPSA) is 41.4 Å². The molecule has 2 heterocycles. The first-order chi connectivity index (χ1) is 14.7. The third-order valence-electron chi connectivity index (χ3n) is 5.58. The Kier molecular flexibility index (Phi) is 6.82. The Morgan fingerprint density at radius 2 is 1.60 bits per heavy atom. The maximum Gasteiger partial charge on any atom is 0.266 e. The lowest BCUT2D eigenvalue weighted by atomic mass is 10.1. The van der Waals surface area contributed by atoms with Crippen molar-refractivity contribution in [2.24, 2.45) is 0 Å². The monoisotopic (exact) mass is 422 g/mol. The second-order valence-electron chi connectivity index (χ2n) is 7.66. The van der Waals surface area contributed by atoms with Gasteiger partial charge in [-0.25, -0.2) is 4.68 Å². The molecule has 4 rings (SSSR count). The highest BCUT2D eigenvalue weighted by Gasteiger charge is 2.17. The minimum Gasteiger partial charge on any atom is -0.369 e. The number of piperazine rings is 1. The number of aryl methyl sites for hydroxylation is 1. The molecule has 5 nitrogen and oxygen atoms in total. The molecule has 0 bridgehead atoms. The van der Waals surface area contributed by atoms with Crippen molar-refractivity contribution in [1.29, 1.82) is 0 Å². The normalized spacial score (nSPS) is 14.8. The quantitative estimate of drug-likeness (QED) is 0.536. The Balaban J connectivity index is 1.24. The maximum atomic E-state index is 12.2. The highest BCUT2D eigenvalue weighted by Crippen LogP contribution is 2.21. The smallest absolute Gasteiger partial charge is 0.266 e. The van der Waals surface area contributed by atoms with Crippen LogP contribution in [0.25, 0.3) is 11.3 Å². The van der Waals surface area contributed by atoms with Crippen molar-refractivity contribution >= 4 is 17.3 Å². The van der Waals surface area contributed by atoms with Gasteiger partial charge in [-0.05, 0) is 43.7 Å². The summed E-state index contributed by atoms with van der Waals surface area (Å²) < 4.78 is 1.60. The number of benzene rings is 2. The zero-order valence-electron chi connectivity index (χ0n) is 17.1. The number of nitrogens with zero attached hydrogens (tertiary/aromatic N) is 4. The van der Waals surface area contributed by atoms with Gasteiger partial charge >= 0.3 is 0 Å². The lowest BCUT2D eigenvalue weighted by molar-refractivity contribution is 0.250. The summed E-state index contributed by atoms with van der Waals surface area (Å²) in [5.74, 6) is 0. The van der Waals surface area contributed by atoms with Crippen molar-refractivity contribution in [1.82, 2.24) is 14.7 Å². The molecule has 0 amide bonds. The minimum absolute atomic E-state index is 0.0372. The highest BCUT2D eigenvalue weighted by atomic mass is 35.5. The molecule has 0 N–H and O–H groups in total. The average molecular weight is 423 g/mol. The van der Waals surface area contributed by atoms with Crippen LogP contribution in [0.4, 0.5) is 5.69 Å². The Hall–Kier alpha value is -2.63. The van der Waals surface area contributed by atoms with Crippen molar-refractivity contribution in [3.8, 4) is 11.3 Å². The second-order valence-corrected chi connectivity index (χ2v) is 8.10. The van der Waals surface area contributed by atoms with Crippen LogP contribution in [0.15, 0.2) is 71.5 Å². The Labute approximate surface area is 182 Å². The summed E-state index contributed by atoms with van der Waals surface area (Å²) in [5.41, 5.74) is 3.03. The summed E-state index contributed by atoms with van der Waals surface area (Å²) in [6.45, 7) is 5.84. The molecule has 6 heteroatoms. The average Bonchev–Trinajstić information content (AvgIpc) is 2.79. The molecule has 1 fully saturated rings. The molecule has 0 saturated carbocycles. The maximum absolute atomic E-state index is 12.2. The number of rotatable bonds is 7. The lowest BCUT2D eigenvalue weighted by Crippen LogP contribution is -2.46. The van der Waals surface area contributed by atoms with E-state index in [2.05, 4.69) is 21.0 Å².